The minimum absolute atomic E-state index is 0.644. The molecular weight excluding hydrogens is 322 g/mol. The third-order valence-electron chi connectivity index (χ3n) is 2.83. The quantitative estimate of drug-likeness (QED) is 0.384. The van der Waals surface area contributed by atoms with Crippen LogP contribution in [0.25, 0.3) is 6.08 Å². The summed E-state index contributed by atoms with van der Waals surface area (Å²) in [6.07, 6.45) is 7.92. The molecule has 0 spiro atoms. The number of benzene rings is 1. The Labute approximate surface area is 148 Å². The molecule has 0 saturated carbocycles. The monoisotopic (exact) mass is 347 g/mol. The topological polar surface area (TPSA) is 87.1 Å². The molecule has 0 amide bonds. The van der Waals surface area contributed by atoms with Gasteiger partial charge in [0.25, 0.3) is 0 Å². The van der Waals surface area contributed by atoms with Crippen LogP contribution < -0.4 is 0 Å². The molecule has 0 aromatic heterocycles. The van der Waals surface area contributed by atoms with Gasteiger partial charge in [-0.3, -0.25) is 4.90 Å². The highest BCUT2D eigenvalue weighted by Gasteiger charge is 2.04. The molecule has 0 heterocycles. The zero-order chi connectivity index (χ0) is 18.9. The lowest BCUT2D eigenvalue weighted by atomic mass is 10.2. The Kier molecular flexibility index (Phi) is 13.3. The van der Waals surface area contributed by atoms with Gasteiger partial charge in [0.05, 0.1) is 13.2 Å². The largest absolute Gasteiger partial charge is 0.473 e. The molecule has 2 N–H and O–H groups in total. The molecule has 25 heavy (non-hydrogen) atoms. The first-order valence-corrected chi connectivity index (χ1v) is 7.71. The van der Waals surface area contributed by atoms with E-state index in [0.717, 1.165) is 26.2 Å². The lowest BCUT2D eigenvalue weighted by molar-refractivity contribution is -0.159. The van der Waals surface area contributed by atoms with Crippen LogP contribution in [0.3, 0.4) is 0 Å². The Hall–Kier alpha value is -2.70. The van der Waals surface area contributed by atoms with E-state index in [4.69, 9.17) is 24.5 Å². The third-order valence-corrected chi connectivity index (χ3v) is 2.83. The van der Waals surface area contributed by atoms with Crippen molar-refractivity contribution in [2.75, 3.05) is 32.8 Å². The fourth-order valence-electron chi connectivity index (χ4n) is 1.72. The molecule has 0 fully saturated rings. The van der Waals surface area contributed by atoms with Crippen molar-refractivity contribution < 1.29 is 24.5 Å². The number of ether oxygens (including phenoxy) is 1. The van der Waals surface area contributed by atoms with Gasteiger partial charge in [-0.2, -0.15) is 0 Å². The van der Waals surface area contributed by atoms with Gasteiger partial charge in [0.15, 0.2) is 0 Å². The maximum Gasteiger partial charge on any atom is 0.414 e. The normalized spacial score (nSPS) is 10.1. The van der Waals surface area contributed by atoms with Gasteiger partial charge < -0.3 is 14.9 Å². The Morgan fingerprint density at radius 3 is 2.08 bits per heavy atom. The van der Waals surface area contributed by atoms with Gasteiger partial charge in [-0.05, 0) is 5.56 Å². The van der Waals surface area contributed by atoms with Crippen LogP contribution in [0.1, 0.15) is 5.56 Å². The number of carbonyl (C=O) groups is 2. The van der Waals surface area contributed by atoms with Crippen molar-refractivity contribution in [1.82, 2.24) is 4.90 Å². The zero-order valence-corrected chi connectivity index (χ0v) is 14.2. The fraction of sp³-hybridized carbons (Fsp3) is 0.263. The van der Waals surface area contributed by atoms with Crippen molar-refractivity contribution in [1.29, 1.82) is 0 Å². The number of hydrogen-bond acceptors (Lipinski definition) is 4. The lowest BCUT2D eigenvalue weighted by Crippen LogP contribution is -2.27. The van der Waals surface area contributed by atoms with Gasteiger partial charge in [-0.1, -0.05) is 54.6 Å². The van der Waals surface area contributed by atoms with Crippen molar-refractivity contribution in [2.45, 2.75) is 0 Å². The Balaban J connectivity index is 0.000000823. The number of aliphatic carboxylic acids is 2. The molecule has 1 aromatic rings. The predicted molar refractivity (Wildman–Crippen MR) is 98.4 cm³/mol. The van der Waals surface area contributed by atoms with Gasteiger partial charge >= 0.3 is 11.9 Å². The summed E-state index contributed by atoms with van der Waals surface area (Å²) in [7, 11) is 0. The standard InChI is InChI=1S/C17H23NO.C2H2O4/c1-3-12-18(13-4-2)14-16-19-15-8-11-17-9-6-5-7-10-17;3-1(4)2(5)6/h3-11H,1-2,12-16H2;(H,3,4)(H,5,6)/b11-8+;. The minimum atomic E-state index is -1.82. The van der Waals surface area contributed by atoms with Crippen molar-refractivity contribution in [3.63, 3.8) is 0 Å². The number of rotatable bonds is 10. The van der Waals surface area contributed by atoms with Crippen molar-refractivity contribution in [3.05, 3.63) is 67.3 Å². The van der Waals surface area contributed by atoms with Gasteiger partial charge in [0.2, 0.25) is 0 Å². The van der Waals surface area contributed by atoms with Crippen LogP contribution in [0, 0.1) is 0 Å². The summed E-state index contributed by atoms with van der Waals surface area (Å²) >= 11 is 0. The molecule has 0 radical (unpaired) electrons. The van der Waals surface area contributed by atoms with Crippen LogP contribution >= 0.6 is 0 Å². The van der Waals surface area contributed by atoms with Crippen LogP contribution in [-0.2, 0) is 14.3 Å². The maximum absolute atomic E-state index is 9.10. The number of carboxylic acids is 2. The first-order chi connectivity index (χ1) is 12.0. The first-order valence-electron chi connectivity index (χ1n) is 7.71. The summed E-state index contributed by atoms with van der Waals surface area (Å²) in [5.41, 5.74) is 1.20. The van der Waals surface area contributed by atoms with Gasteiger partial charge in [0.1, 0.15) is 0 Å². The van der Waals surface area contributed by atoms with E-state index in [-0.39, 0.29) is 0 Å². The third kappa shape index (κ3) is 13.4. The van der Waals surface area contributed by atoms with E-state index in [1.807, 2.05) is 36.4 Å². The lowest BCUT2D eigenvalue weighted by Gasteiger charge is -2.17. The van der Waals surface area contributed by atoms with E-state index in [1.54, 1.807) is 0 Å². The molecule has 0 unspecified atom stereocenters. The second-order valence-corrected chi connectivity index (χ2v) is 4.84. The second kappa shape index (κ2) is 14.9. The van der Waals surface area contributed by atoms with E-state index in [0.29, 0.717) is 6.61 Å². The molecule has 0 aliphatic carbocycles. The first kappa shape index (κ1) is 22.3. The molecule has 1 aromatic carbocycles. The van der Waals surface area contributed by atoms with E-state index in [9.17, 15) is 0 Å². The molecule has 1 rings (SSSR count). The molecule has 0 aliphatic heterocycles. The van der Waals surface area contributed by atoms with Crippen LogP contribution in [0.2, 0.25) is 0 Å². The molecule has 0 aliphatic rings. The SMILES string of the molecule is C=CCN(CC=C)CCOC/C=C/c1ccccc1.O=C(O)C(=O)O. The number of carboxylic acid groups (broad SMARTS) is 2. The second-order valence-electron chi connectivity index (χ2n) is 4.84. The average Bonchev–Trinajstić information content (AvgIpc) is 2.59. The highest BCUT2D eigenvalue weighted by Crippen LogP contribution is 2.00. The Morgan fingerprint density at radius 2 is 1.60 bits per heavy atom. The van der Waals surface area contributed by atoms with E-state index in [2.05, 4.69) is 36.3 Å². The van der Waals surface area contributed by atoms with Crippen LogP contribution in [0.4, 0.5) is 0 Å². The van der Waals surface area contributed by atoms with E-state index in [1.165, 1.54) is 5.56 Å². The van der Waals surface area contributed by atoms with Crippen LogP contribution in [0.15, 0.2) is 61.7 Å². The van der Waals surface area contributed by atoms with Crippen LogP contribution in [-0.4, -0.2) is 59.9 Å². The van der Waals surface area contributed by atoms with Crippen molar-refractivity contribution in [3.8, 4) is 0 Å². The van der Waals surface area contributed by atoms with E-state index >= 15 is 0 Å². The Bertz CT molecular complexity index is 532. The fourth-order valence-corrected chi connectivity index (χ4v) is 1.72. The summed E-state index contributed by atoms with van der Waals surface area (Å²) in [4.78, 5) is 20.4. The summed E-state index contributed by atoms with van der Waals surface area (Å²) in [6, 6.07) is 10.2. The molecule has 6 nitrogen and oxygen atoms in total. The van der Waals surface area contributed by atoms with Crippen molar-refractivity contribution >= 4 is 18.0 Å². The summed E-state index contributed by atoms with van der Waals surface area (Å²) in [5.74, 6) is -3.65. The molecule has 0 saturated heterocycles. The Morgan fingerprint density at radius 1 is 1.04 bits per heavy atom. The smallest absolute Gasteiger partial charge is 0.414 e. The number of hydrogen-bond donors (Lipinski definition) is 2. The summed E-state index contributed by atoms with van der Waals surface area (Å²) in [5, 5.41) is 14.8. The molecule has 0 bridgehead atoms. The zero-order valence-electron chi connectivity index (χ0n) is 14.2. The van der Waals surface area contributed by atoms with Crippen LogP contribution in [0.5, 0.6) is 0 Å². The highest BCUT2D eigenvalue weighted by molar-refractivity contribution is 6.27. The minimum Gasteiger partial charge on any atom is -0.473 e. The van der Waals surface area contributed by atoms with Gasteiger partial charge in [0, 0.05) is 19.6 Å². The average molecular weight is 347 g/mol. The molecule has 6 heteroatoms. The molecular formula is C19H25NO5. The van der Waals surface area contributed by atoms with Gasteiger partial charge in [-0.15, -0.1) is 13.2 Å². The predicted octanol–water partition coefficient (Wildman–Crippen LogP) is 2.55. The number of nitrogens with zero attached hydrogens (tertiary/aromatic N) is 1. The summed E-state index contributed by atoms with van der Waals surface area (Å²) in [6.45, 7) is 11.5. The summed E-state index contributed by atoms with van der Waals surface area (Å²) < 4.78 is 5.58. The van der Waals surface area contributed by atoms with Gasteiger partial charge in [-0.25, -0.2) is 9.59 Å². The van der Waals surface area contributed by atoms with Crippen molar-refractivity contribution in [2.24, 2.45) is 0 Å². The highest BCUT2D eigenvalue weighted by atomic mass is 16.5. The molecule has 136 valence electrons. The molecule has 0 atom stereocenters. The maximum atomic E-state index is 9.10. The van der Waals surface area contributed by atoms with E-state index < -0.39 is 11.9 Å².